The molecule has 0 atom stereocenters. The lowest BCUT2D eigenvalue weighted by molar-refractivity contribution is 0.434. The van der Waals surface area contributed by atoms with Crippen LogP contribution >= 0.6 is 37.2 Å². The van der Waals surface area contributed by atoms with Crippen LogP contribution in [0.3, 0.4) is 0 Å². The molecular formula is C14H21Cl3N4. The molecule has 1 N–H and O–H groups in total. The Morgan fingerprint density at radius 3 is 2.57 bits per heavy atom. The maximum atomic E-state index is 4.55. The Labute approximate surface area is 144 Å². The van der Waals surface area contributed by atoms with Gasteiger partial charge in [0.2, 0.25) is 0 Å². The first-order valence-electron chi connectivity index (χ1n) is 6.54. The number of nitrogens with one attached hydrogen (secondary N) is 1. The van der Waals surface area contributed by atoms with Crippen LogP contribution in [0.2, 0.25) is 0 Å². The van der Waals surface area contributed by atoms with E-state index in [9.17, 15) is 0 Å². The molecule has 1 aliphatic heterocycles. The van der Waals surface area contributed by atoms with Gasteiger partial charge in [-0.1, -0.05) is 6.07 Å². The summed E-state index contributed by atoms with van der Waals surface area (Å²) in [6.45, 7) is 3.07. The molecule has 2 aromatic heterocycles. The van der Waals surface area contributed by atoms with Crippen molar-refractivity contribution in [1.29, 1.82) is 0 Å². The van der Waals surface area contributed by atoms with Gasteiger partial charge in [0.1, 0.15) is 5.82 Å². The maximum absolute atomic E-state index is 4.55. The van der Waals surface area contributed by atoms with Gasteiger partial charge in [-0.3, -0.25) is 4.98 Å². The summed E-state index contributed by atoms with van der Waals surface area (Å²) in [5.41, 5.74) is 1.23. The van der Waals surface area contributed by atoms with Crippen LogP contribution in [0.25, 0.3) is 0 Å². The molecule has 0 bridgehead atoms. The fourth-order valence-corrected chi connectivity index (χ4v) is 2.58. The molecule has 1 aliphatic rings. The van der Waals surface area contributed by atoms with Crippen molar-refractivity contribution in [3.05, 3.63) is 48.3 Å². The van der Waals surface area contributed by atoms with Crippen LogP contribution < -0.4 is 5.32 Å². The van der Waals surface area contributed by atoms with Crippen molar-refractivity contribution < 1.29 is 0 Å². The van der Waals surface area contributed by atoms with Crippen molar-refractivity contribution in [1.82, 2.24) is 19.9 Å². The van der Waals surface area contributed by atoms with E-state index in [0.29, 0.717) is 5.92 Å². The number of imidazole rings is 1. The Hall–Kier alpha value is -0.810. The SMILES string of the molecule is Cl.Cl.Cl.c1cncc(Cn2ccnc2C2CCNCC2)c1. The summed E-state index contributed by atoms with van der Waals surface area (Å²) in [5, 5.41) is 3.40. The standard InChI is InChI=1S/C14H18N4.3ClH/c1-2-12(10-16-5-1)11-18-9-8-17-14(18)13-3-6-15-7-4-13;;;/h1-2,5,8-10,13,15H,3-4,6-7,11H2;3*1H. The molecule has 0 saturated carbocycles. The van der Waals surface area contributed by atoms with Crippen LogP contribution in [0.4, 0.5) is 0 Å². The number of nitrogens with zero attached hydrogens (tertiary/aromatic N) is 3. The minimum Gasteiger partial charge on any atom is -0.330 e. The second-order valence-electron chi connectivity index (χ2n) is 4.80. The molecule has 0 aromatic carbocycles. The zero-order chi connectivity index (χ0) is 12.2. The molecule has 3 rings (SSSR count). The van der Waals surface area contributed by atoms with E-state index >= 15 is 0 Å². The van der Waals surface area contributed by atoms with Crippen LogP contribution in [0.1, 0.15) is 30.1 Å². The van der Waals surface area contributed by atoms with Crippen LogP contribution in [-0.2, 0) is 6.54 Å². The van der Waals surface area contributed by atoms with Crippen LogP contribution in [0.15, 0.2) is 36.9 Å². The van der Waals surface area contributed by atoms with E-state index in [0.717, 1.165) is 19.6 Å². The number of rotatable bonds is 3. The normalized spacial score (nSPS) is 14.5. The predicted octanol–water partition coefficient (Wildman–Crippen LogP) is 3.06. The molecule has 0 unspecified atom stereocenters. The third-order valence-corrected chi connectivity index (χ3v) is 3.53. The summed E-state index contributed by atoms with van der Waals surface area (Å²) in [5.74, 6) is 1.82. The van der Waals surface area contributed by atoms with E-state index in [-0.39, 0.29) is 37.2 Å². The number of pyridine rings is 1. The summed E-state index contributed by atoms with van der Waals surface area (Å²) in [6, 6.07) is 4.09. The van der Waals surface area contributed by atoms with E-state index in [1.807, 2.05) is 24.7 Å². The molecule has 0 aliphatic carbocycles. The highest BCUT2D eigenvalue weighted by atomic mass is 35.5. The van der Waals surface area contributed by atoms with Crippen molar-refractivity contribution in [3.63, 3.8) is 0 Å². The fraction of sp³-hybridized carbons (Fsp3) is 0.429. The van der Waals surface area contributed by atoms with Gasteiger partial charge in [-0.25, -0.2) is 4.98 Å². The lowest BCUT2D eigenvalue weighted by atomic mass is 9.97. The van der Waals surface area contributed by atoms with Crippen molar-refractivity contribution in [2.45, 2.75) is 25.3 Å². The lowest BCUT2D eigenvalue weighted by Gasteiger charge is -2.23. The Morgan fingerprint density at radius 2 is 1.90 bits per heavy atom. The van der Waals surface area contributed by atoms with Crippen LogP contribution in [0, 0.1) is 0 Å². The lowest BCUT2D eigenvalue weighted by Crippen LogP contribution is -2.28. The second kappa shape index (κ2) is 10.0. The third-order valence-electron chi connectivity index (χ3n) is 3.53. The first-order valence-corrected chi connectivity index (χ1v) is 6.54. The summed E-state index contributed by atoms with van der Waals surface area (Å²) in [6.07, 6.45) is 10.1. The Kier molecular flexibility index (Phi) is 9.62. The predicted molar refractivity (Wildman–Crippen MR) is 92.2 cm³/mol. The molecule has 2 aromatic rings. The molecule has 4 nitrogen and oxygen atoms in total. The molecular weight excluding hydrogens is 331 g/mol. The minimum absolute atomic E-state index is 0. The Bertz CT molecular complexity index is 498. The highest BCUT2D eigenvalue weighted by molar-refractivity contribution is 5.86. The molecule has 1 saturated heterocycles. The molecule has 0 amide bonds. The number of halogens is 3. The molecule has 118 valence electrons. The van der Waals surface area contributed by atoms with Gasteiger partial charge in [-0.15, -0.1) is 37.2 Å². The zero-order valence-electron chi connectivity index (χ0n) is 11.6. The molecule has 21 heavy (non-hydrogen) atoms. The monoisotopic (exact) mass is 350 g/mol. The number of piperidine rings is 1. The molecule has 0 spiro atoms. The first-order chi connectivity index (χ1) is 8.93. The number of aromatic nitrogens is 3. The van der Waals surface area contributed by atoms with E-state index in [1.54, 1.807) is 0 Å². The van der Waals surface area contributed by atoms with Gasteiger partial charge in [0, 0.05) is 30.7 Å². The van der Waals surface area contributed by atoms with Gasteiger partial charge in [-0.2, -0.15) is 0 Å². The van der Waals surface area contributed by atoms with Crippen molar-refractivity contribution >= 4 is 37.2 Å². The molecule has 0 radical (unpaired) electrons. The number of hydrogen-bond donors (Lipinski definition) is 1. The third kappa shape index (κ3) is 5.15. The zero-order valence-corrected chi connectivity index (χ0v) is 14.1. The summed E-state index contributed by atoms with van der Waals surface area (Å²) >= 11 is 0. The Morgan fingerprint density at radius 1 is 1.14 bits per heavy atom. The smallest absolute Gasteiger partial charge is 0.112 e. The minimum atomic E-state index is 0. The van der Waals surface area contributed by atoms with Gasteiger partial charge in [0.05, 0.1) is 6.54 Å². The summed E-state index contributed by atoms with van der Waals surface area (Å²) in [4.78, 5) is 8.71. The van der Waals surface area contributed by atoms with E-state index in [2.05, 4.69) is 32.1 Å². The largest absolute Gasteiger partial charge is 0.330 e. The van der Waals surface area contributed by atoms with Gasteiger partial charge < -0.3 is 9.88 Å². The molecule has 7 heteroatoms. The molecule has 3 heterocycles. The van der Waals surface area contributed by atoms with Crippen LogP contribution in [-0.4, -0.2) is 27.6 Å². The van der Waals surface area contributed by atoms with Gasteiger partial charge in [0.15, 0.2) is 0 Å². The fourth-order valence-electron chi connectivity index (χ4n) is 2.58. The van der Waals surface area contributed by atoms with Crippen LogP contribution in [0.5, 0.6) is 0 Å². The molecule has 1 fully saturated rings. The van der Waals surface area contributed by atoms with Crippen molar-refractivity contribution in [2.24, 2.45) is 0 Å². The second-order valence-corrected chi connectivity index (χ2v) is 4.80. The average Bonchev–Trinajstić information content (AvgIpc) is 2.89. The number of hydrogen-bond acceptors (Lipinski definition) is 3. The quantitative estimate of drug-likeness (QED) is 0.924. The van der Waals surface area contributed by atoms with E-state index in [1.165, 1.54) is 24.2 Å². The topological polar surface area (TPSA) is 42.7 Å². The highest BCUT2D eigenvalue weighted by Crippen LogP contribution is 2.24. The van der Waals surface area contributed by atoms with Gasteiger partial charge >= 0.3 is 0 Å². The van der Waals surface area contributed by atoms with Crippen molar-refractivity contribution in [2.75, 3.05) is 13.1 Å². The average molecular weight is 352 g/mol. The summed E-state index contributed by atoms with van der Waals surface area (Å²) in [7, 11) is 0. The Balaban J connectivity index is 0.00000133. The van der Waals surface area contributed by atoms with Gasteiger partial charge in [-0.05, 0) is 37.6 Å². The maximum Gasteiger partial charge on any atom is 0.112 e. The summed E-state index contributed by atoms with van der Waals surface area (Å²) < 4.78 is 2.26. The van der Waals surface area contributed by atoms with E-state index < -0.39 is 0 Å². The first kappa shape index (κ1) is 20.2. The van der Waals surface area contributed by atoms with E-state index in [4.69, 9.17) is 0 Å². The van der Waals surface area contributed by atoms with Crippen molar-refractivity contribution in [3.8, 4) is 0 Å². The highest BCUT2D eigenvalue weighted by Gasteiger charge is 2.19. The van der Waals surface area contributed by atoms with Gasteiger partial charge in [0.25, 0.3) is 0 Å².